The summed E-state index contributed by atoms with van der Waals surface area (Å²) in [6, 6.07) is 8.33. The third-order valence-electron chi connectivity index (χ3n) is 4.28. The van der Waals surface area contributed by atoms with E-state index in [2.05, 4.69) is 46.5 Å². The summed E-state index contributed by atoms with van der Waals surface area (Å²) in [6.45, 7) is 3.31. The number of amides is 1. The Morgan fingerprint density at radius 2 is 2.17 bits per heavy atom. The number of H-pyrrole nitrogens is 1. The second kappa shape index (κ2) is 7.40. The van der Waals surface area contributed by atoms with Gasteiger partial charge in [0, 0.05) is 25.3 Å². The van der Waals surface area contributed by atoms with E-state index in [0.29, 0.717) is 6.54 Å². The lowest BCUT2D eigenvalue weighted by Crippen LogP contribution is -2.35. The minimum Gasteiger partial charge on any atom is -0.373 e. The molecular weight excluding hydrogens is 306 g/mol. The summed E-state index contributed by atoms with van der Waals surface area (Å²) in [5.74, 6) is -0.0763. The fourth-order valence-corrected chi connectivity index (χ4v) is 2.96. The molecule has 2 N–H and O–H groups in total. The minimum absolute atomic E-state index is 0.0109. The maximum Gasteiger partial charge on any atom is 0.271 e. The molecule has 1 saturated heterocycles. The SMILES string of the molecule is Cc1ccc(C2OCCCC2CNC(=O)c2c[nH]c(=O)cn2)cc1. The standard InChI is InChI=1S/C18H21N3O3/c1-12-4-6-13(7-5-12)17-14(3-2-8-24-17)9-21-18(23)15-10-20-16(22)11-19-15/h4-7,10-11,14,17H,2-3,8-9H2,1H3,(H,20,22)(H,21,23). The van der Waals surface area contributed by atoms with Crippen LogP contribution in [-0.4, -0.2) is 29.0 Å². The third-order valence-corrected chi connectivity index (χ3v) is 4.28. The van der Waals surface area contributed by atoms with E-state index in [1.54, 1.807) is 0 Å². The number of benzene rings is 1. The molecule has 2 unspecified atom stereocenters. The molecule has 2 heterocycles. The van der Waals surface area contributed by atoms with E-state index in [4.69, 9.17) is 4.74 Å². The first-order chi connectivity index (χ1) is 11.6. The van der Waals surface area contributed by atoms with Crippen molar-refractivity contribution in [3.63, 3.8) is 0 Å². The fraction of sp³-hybridized carbons (Fsp3) is 0.389. The van der Waals surface area contributed by atoms with Gasteiger partial charge in [0.15, 0.2) is 0 Å². The van der Waals surface area contributed by atoms with Crippen molar-refractivity contribution in [2.45, 2.75) is 25.9 Å². The number of aromatic nitrogens is 2. The van der Waals surface area contributed by atoms with Crippen molar-refractivity contribution < 1.29 is 9.53 Å². The molecule has 2 atom stereocenters. The van der Waals surface area contributed by atoms with Crippen LogP contribution in [0.5, 0.6) is 0 Å². The first kappa shape index (κ1) is 16.4. The summed E-state index contributed by atoms with van der Waals surface area (Å²) >= 11 is 0. The molecule has 126 valence electrons. The number of hydrogen-bond acceptors (Lipinski definition) is 4. The van der Waals surface area contributed by atoms with Crippen molar-refractivity contribution in [1.82, 2.24) is 15.3 Å². The van der Waals surface area contributed by atoms with Gasteiger partial charge in [0.2, 0.25) is 0 Å². The highest BCUT2D eigenvalue weighted by atomic mass is 16.5. The molecule has 1 fully saturated rings. The zero-order valence-electron chi connectivity index (χ0n) is 13.6. The number of carbonyl (C=O) groups is 1. The first-order valence-corrected chi connectivity index (χ1v) is 8.14. The number of rotatable bonds is 4. The van der Waals surface area contributed by atoms with Gasteiger partial charge in [-0.3, -0.25) is 9.59 Å². The number of hydrogen-bond donors (Lipinski definition) is 2. The maximum absolute atomic E-state index is 12.1. The van der Waals surface area contributed by atoms with Crippen LogP contribution in [0, 0.1) is 12.8 Å². The van der Waals surface area contributed by atoms with Gasteiger partial charge >= 0.3 is 0 Å². The van der Waals surface area contributed by atoms with Crippen molar-refractivity contribution in [2.75, 3.05) is 13.2 Å². The van der Waals surface area contributed by atoms with Crippen LogP contribution in [0.1, 0.15) is 40.6 Å². The highest BCUT2D eigenvalue weighted by molar-refractivity contribution is 5.91. The summed E-state index contributed by atoms with van der Waals surface area (Å²) in [5, 5.41) is 2.90. The molecule has 0 spiro atoms. The lowest BCUT2D eigenvalue weighted by molar-refractivity contribution is -0.0272. The molecule has 0 saturated carbocycles. The van der Waals surface area contributed by atoms with Crippen LogP contribution >= 0.6 is 0 Å². The third kappa shape index (κ3) is 3.89. The van der Waals surface area contributed by atoms with E-state index in [1.807, 2.05) is 0 Å². The van der Waals surface area contributed by atoms with E-state index < -0.39 is 0 Å². The molecule has 6 nitrogen and oxygen atoms in total. The van der Waals surface area contributed by atoms with Crippen LogP contribution in [0.3, 0.4) is 0 Å². The van der Waals surface area contributed by atoms with E-state index in [9.17, 15) is 9.59 Å². The molecule has 1 amide bonds. The van der Waals surface area contributed by atoms with Gasteiger partial charge < -0.3 is 15.0 Å². The van der Waals surface area contributed by atoms with E-state index >= 15 is 0 Å². The monoisotopic (exact) mass is 327 g/mol. The average Bonchev–Trinajstić information content (AvgIpc) is 2.61. The van der Waals surface area contributed by atoms with Crippen LogP contribution in [0.4, 0.5) is 0 Å². The second-order valence-corrected chi connectivity index (χ2v) is 6.11. The molecule has 0 aliphatic carbocycles. The van der Waals surface area contributed by atoms with Gasteiger partial charge in [-0.25, -0.2) is 4.98 Å². The molecule has 1 aliphatic rings. The van der Waals surface area contributed by atoms with Gasteiger partial charge in [0.1, 0.15) is 5.69 Å². The predicted octanol–water partition coefficient (Wildman–Crippen LogP) is 1.98. The Bertz CT molecular complexity index is 734. The molecule has 6 heteroatoms. The Morgan fingerprint density at radius 1 is 1.38 bits per heavy atom. The number of ether oxygens (including phenoxy) is 1. The second-order valence-electron chi connectivity index (χ2n) is 6.11. The van der Waals surface area contributed by atoms with Crippen molar-refractivity contribution in [3.8, 4) is 0 Å². The van der Waals surface area contributed by atoms with Gasteiger partial charge in [0.05, 0.1) is 12.3 Å². The number of nitrogens with one attached hydrogen (secondary N) is 2. The summed E-state index contributed by atoms with van der Waals surface area (Å²) in [5.41, 5.74) is 2.23. The molecule has 2 aromatic rings. The minimum atomic E-state index is -0.327. The lowest BCUT2D eigenvalue weighted by atomic mass is 9.89. The van der Waals surface area contributed by atoms with Crippen molar-refractivity contribution in [3.05, 3.63) is 63.8 Å². The average molecular weight is 327 g/mol. The normalized spacial score (nSPS) is 20.5. The molecule has 0 radical (unpaired) electrons. The Morgan fingerprint density at radius 3 is 2.88 bits per heavy atom. The molecule has 24 heavy (non-hydrogen) atoms. The lowest BCUT2D eigenvalue weighted by Gasteiger charge is -2.32. The number of aryl methyl sites for hydroxylation is 1. The molecule has 0 bridgehead atoms. The zero-order chi connectivity index (χ0) is 16.9. The van der Waals surface area contributed by atoms with E-state index in [0.717, 1.165) is 31.2 Å². The molecule has 1 aromatic carbocycles. The van der Waals surface area contributed by atoms with Crippen LogP contribution in [0.15, 0.2) is 41.5 Å². The summed E-state index contributed by atoms with van der Waals surface area (Å²) in [6.07, 6.45) is 4.40. The summed E-state index contributed by atoms with van der Waals surface area (Å²) in [4.78, 5) is 29.5. The summed E-state index contributed by atoms with van der Waals surface area (Å²) < 4.78 is 5.96. The predicted molar refractivity (Wildman–Crippen MR) is 89.8 cm³/mol. The van der Waals surface area contributed by atoms with Crippen LogP contribution in [0.2, 0.25) is 0 Å². The van der Waals surface area contributed by atoms with Gasteiger partial charge in [0.25, 0.3) is 11.5 Å². The van der Waals surface area contributed by atoms with Gasteiger partial charge in [-0.2, -0.15) is 0 Å². The molecule has 1 aliphatic heterocycles. The summed E-state index contributed by atoms with van der Waals surface area (Å²) in [7, 11) is 0. The van der Waals surface area contributed by atoms with E-state index in [1.165, 1.54) is 11.8 Å². The van der Waals surface area contributed by atoms with Crippen LogP contribution in [-0.2, 0) is 4.74 Å². The van der Waals surface area contributed by atoms with Gasteiger partial charge in [-0.1, -0.05) is 29.8 Å². The highest BCUT2D eigenvalue weighted by Crippen LogP contribution is 2.33. The van der Waals surface area contributed by atoms with Crippen LogP contribution < -0.4 is 10.9 Å². The van der Waals surface area contributed by atoms with Crippen molar-refractivity contribution in [1.29, 1.82) is 0 Å². The topological polar surface area (TPSA) is 84.1 Å². The molecule has 3 rings (SSSR count). The fourth-order valence-electron chi connectivity index (χ4n) is 2.96. The quantitative estimate of drug-likeness (QED) is 0.899. The smallest absolute Gasteiger partial charge is 0.271 e. The number of nitrogens with zero attached hydrogens (tertiary/aromatic N) is 1. The van der Waals surface area contributed by atoms with Gasteiger partial charge in [-0.15, -0.1) is 0 Å². The zero-order valence-corrected chi connectivity index (χ0v) is 13.6. The van der Waals surface area contributed by atoms with Crippen molar-refractivity contribution in [2.24, 2.45) is 5.92 Å². The number of carbonyl (C=O) groups excluding carboxylic acids is 1. The Hall–Kier alpha value is -2.47. The molecular formula is C18H21N3O3. The Balaban J connectivity index is 1.65. The number of aromatic amines is 1. The largest absolute Gasteiger partial charge is 0.373 e. The molecule has 1 aromatic heterocycles. The van der Waals surface area contributed by atoms with Crippen molar-refractivity contribution >= 4 is 5.91 Å². The maximum atomic E-state index is 12.1. The Labute approximate surface area is 140 Å². The van der Waals surface area contributed by atoms with E-state index in [-0.39, 0.29) is 29.2 Å². The van der Waals surface area contributed by atoms with Gasteiger partial charge in [-0.05, 0) is 25.3 Å². The highest BCUT2D eigenvalue weighted by Gasteiger charge is 2.28. The Kier molecular flexibility index (Phi) is 5.05. The van der Waals surface area contributed by atoms with Crippen LogP contribution in [0.25, 0.3) is 0 Å². The first-order valence-electron chi connectivity index (χ1n) is 8.14.